The Morgan fingerprint density at radius 2 is 1.88 bits per heavy atom. The van der Waals surface area contributed by atoms with Crippen LogP contribution in [0.4, 0.5) is 4.39 Å². The summed E-state index contributed by atoms with van der Waals surface area (Å²) in [6.07, 6.45) is 3.41. The molecule has 0 atom stereocenters. The highest BCUT2D eigenvalue weighted by molar-refractivity contribution is 6.00. The molecule has 1 fully saturated rings. The summed E-state index contributed by atoms with van der Waals surface area (Å²) in [6, 6.07) is 11.7. The minimum absolute atomic E-state index is 0.00316. The summed E-state index contributed by atoms with van der Waals surface area (Å²) in [7, 11) is 4.16. The summed E-state index contributed by atoms with van der Waals surface area (Å²) in [4.78, 5) is 21.7. The number of fused-ring (bicyclic) bond motifs is 1. The number of rotatable bonds is 4. The second kappa shape index (κ2) is 8.20. The normalized spacial score (nSPS) is 15.1. The zero-order valence-electron chi connectivity index (χ0n) is 17.9. The number of hydrogen-bond donors (Lipinski definition) is 0. The van der Waals surface area contributed by atoms with Crippen molar-refractivity contribution in [3.05, 3.63) is 60.1 Å². The molecule has 2 aromatic heterocycles. The number of nitrogens with zero attached hydrogens (tertiary/aromatic N) is 4. The Bertz CT molecular complexity index is 1250. The lowest BCUT2D eigenvalue weighted by molar-refractivity contribution is 0.0663. The van der Waals surface area contributed by atoms with Crippen LogP contribution in [0.15, 0.2) is 57.7 Å². The zero-order valence-corrected chi connectivity index (χ0v) is 17.9. The number of amides is 1. The number of halogens is 1. The molecule has 0 aliphatic carbocycles. The van der Waals surface area contributed by atoms with Crippen LogP contribution in [0.2, 0.25) is 0 Å². The molecule has 164 valence electrons. The number of carbonyl (C=O) groups is 1. The highest BCUT2D eigenvalue weighted by Crippen LogP contribution is 2.31. The van der Waals surface area contributed by atoms with E-state index in [-0.39, 0.29) is 11.7 Å². The highest BCUT2D eigenvalue weighted by atomic mass is 19.1. The van der Waals surface area contributed by atoms with Crippen LogP contribution in [0.1, 0.15) is 23.2 Å². The van der Waals surface area contributed by atoms with Gasteiger partial charge in [-0.2, -0.15) is 0 Å². The maximum atomic E-state index is 13.2. The summed E-state index contributed by atoms with van der Waals surface area (Å²) in [5.74, 6) is 0.0294. The van der Waals surface area contributed by atoms with E-state index < -0.39 is 0 Å². The number of benzene rings is 2. The molecule has 0 N–H and O–H groups in total. The van der Waals surface area contributed by atoms with Gasteiger partial charge in [-0.1, -0.05) is 5.16 Å². The smallest absolute Gasteiger partial charge is 0.253 e. The Labute approximate surface area is 184 Å². The molecule has 32 heavy (non-hydrogen) atoms. The van der Waals surface area contributed by atoms with E-state index in [1.165, 1.54) is 18.4 Å². The lowest BCUT2D eigenvalue weighted by Crippen LogP contribution is -2.44. The van der Waals surface area contributed by atoms with Gasteiger partial charge in [-0.3, -0.25) is 4.79 Å². The van der Waals surface area contributed by atoms with Crippen molar-refractivity contribution in [2.45, 2.75) is 18.9 Å². The van der Waals surface area contributed by atoms with Crippen LogP contribution >= 0.6 is 0 Å². The molecule has 5 rings (SSSR count). The van der Waals surface area contributed by atoms with Gasteiger partial charge < -0.3 is 18.7 Å². The topological polar surface area (TPSA) is 75.6 Å². The van der Waals surface area contributed by atoms with Gasteiger partial charge in [0.05, 0.1) is 5.39 Å². The molecule has 0 bridgehead atoms. The van der Waals surface area contributed by atoms with Gasteiger partial charge in [0.15, 0.2) is 5.58 Å². The number of piperidine rings is 1. The molecule has 1 aliphatic heterocycles. The van der Waals surface area contributed by atoms with Gasteiger partial charge in [0.2, 0.25) is 5.89 Å². The molecule has 1 saturated heterocycles. The molecule has 0 spiro atoms. The van der Waals surface area contributed by atoms with E-state index in [2.05, 4.69) is 29.1 Å². The number of oxazole rings is 1. The number of hydrogen-bond acceptors (Lipinski definition) is 6. The van der Waals surface area contributed by atoms with Crippen LogP contribution in [0.5, 0.6) is 0 Å². The molecule has 1 aliphatic rings. The van der Waals surface area contributed by atoms with Crippen molar-refractivity contribution in [2.24, 2.45) is 0 Å². The van der Waals surface area contributed by atoms with Gasteiger partial charge in [0.25, 0.3) is 5.91 Å². The molecule has 0 saturated carbocycles. The van der Waals surface area contributed by atoms with E-state index in [0.29, 0.717) is 45.4 Å². The first-order valence-electron chi connectivity index (χ1n) is 10.6. The molecule has 4 aromatic rings. The van der Waals surface area contributed by atoms with Crippen LogP contribution in [0.3, 0.4) is 0 Å². The Morgan fingerprint density at radius 1 is 1.12 bits per heavy atom. The average Bonchev–Trinajstić information content (AvgIpc) is 3.46. The first-order chi connectivity index (χ1) is 15.5. The summed E-state index contributed by atoms with van der Waals surface area (Å²) in [6.45, 7) is 1.47. The van der Waals surface area contributed by atoms with Crippen molar-refractivity contribution in [1.82, 2.24) is 19.9 Å². The van der Waals surface area contributed by atoms with E-state index in [9.17, 15) is 9.18 Å². The number of likely N-dealkylation sites (tertiary alicyclic amines) is 1. The van der Waals surface area contributed by atoms with E-state index >= 15 is 0 Å². The molecule has 0 radical (unpaired) electrons. The molecule has 8 heteroatoms. The van der Waals surface area contributed by atoms with Crippen LogP contribution in [0.25, 0.3) is 33.8 Å². The van der Waals surface area contributed by atoms with Crippen LogP contribution < -0.4 is 0 Å². The zero-order chi connectivity index (χ0) is 22.2. The standard InChI is InChI=1S/C24H23FN4O3/c1-28(2)18-9-11-29(12-10-18)24(30)16-5-8-21-19(13-16)22(27-32-21)20-14-31-23(26-20)15-3-6-17(25)7-4-15/h3-8,13-14,18H,9-12H2,1-2H3. The average molecular weight is 434 g/mol. The molecule has 0 unspecified atom stereocenters. The third-order valence-corrected chi connectivity index (χ3v) is 6.04. The number of aromatic nitrogens is 2. The monoisotopic (exact) mass is 434 g/mol. The first kappa shape index (κ1) is 20.4. The van der Waals surface area contributed by atoms with E-state index in [1.807, 2.05) is 4.90 Å². The molecule has 3 heterocycles. The minimum atomic E-state index is -0.328. The maximum Gasteiger partial charge on any atom is 0.253 e. The Morgan fingerprint density at radius 3 is 2.59 bits per heavy atom. The van der Waals surface area contributed by atoms with Crippen molar-refractivity contribution in [3.63, 3.8) is 0 Å². The molecule has 2 aromatic carbocycles. The third kappa shape index (κ3) is 3.78. The largest absolute Gasteiger partial charge is 0.444 e. The predicted molar refractivity (Wildman–Crippen MR) is 118 cm³/mol. The lowest BCUT2D eigenvalue weighted by Gasteiger charge is -2.35. The van der Waals surface area contributed by atoms with Crippen LogP contribution in [-0.2, 0) is 0 Å². The lowest BCUT2D eigenvalue weighted by atomic mass is 10.0. The van der Waals surface area contributed by atoms with Crippen molar-refractivity contribution in [3.8, 4) is 22.8 Å². The van der Waals surface area contributed by atoms with Gasteiger partial charge in [0, 0.05) is 30.3 Å². The molecular weight excluding hydrogens is 411 g/mol. The van der Waals surface area contributed by atoms with Crippen molar-refractivity contribution in [2.75, 3.05) is 27.2 Å². The summed E-state index contributed by atoms with van der Waals surface area (Å²) < 4.78 is 24.2. The Balaban J connectivity index is 1.41. The van der Waals surface area contributed by atoms with Crippen molar-refractivity contribution >= 4 is 16.9 Å². The quantitative estimate of drug-likeness (QED) is 0.472. The van der Waals surface area contributed by atoms with Crippen molar-refractivity contribution < 1.29 is 18.1 Å². The van der Waals surface area contributed by atoms with Crippen LogP contribution in [0, 0.1) is 5.82 Å². The summed E-state index contributed by atoms with van der Waals surface area (Å²) in [5, 5.41) is 4.83. The minimum Gasteiger partial charge on any atom is -0.444 e. The molecular formula is C24H23FN4O3. The van der Waals surface area contributed by atoms with Gasteiger partial charge in [-0.15, -0.1) is 0 Å². The van der Waals surface area contributed by atoms with Gasteiger partial charge in [-0.25, -0.2) is 9.37 Å². The summed E-state index contributed by atoms with van der Waals surface area (Å²) >= 11 is 0. The fraction of sp³-hybridized carbons (Fsp3) is 0.292. The highest BCUT2D eigenvalue weighted by Gasteiger charge is 2.25. The number of carbonyl (C=O) groups excluding carboxylic acids is 1. The van der Waals surface area contributed by atoms with Gasteiger partial charge >= 0.3 is 0 Å². The maximum absolute atomic E-state index is 13.2. The second-order valence-electron chi connectivity index (χ2n) is 8.27. The predicted octanol–water partition coefficient (Wildman–Crippen LogP) is 4.46. The van der Waals surface area contributed by atoms with Gasteiger partial charge in [0.1, 0.15) is 23.5 Å². The SMILES string of the molecule is CN(C)C1CCN(C(=O)c2ccc3onc(-c4coc(-c5ccc(F)cc5)n4)c3c2)CC1. The van der Waals surface area contributed by atoms with Crippen LogP contribution in [-0.4, -0.2) is 59.1 Å². The van der Waals surface area contributed by atoms with E-state index in [4.69, 9.17) is 8.94 Å². The first-order valence-corrected chi connectivity index (χ1v) is 10.6. The Hall–Kier alpha value is -3.52. The van der Waals surface area contributed by atoms with E-state index in [1.54, 1.807) is 30.3 Å². The van der Waals surface area contributed by atoms with Crippen molar-refractivity contribution in [1.29, 1.82) is 0 Å². The Kier molecular flexibility index (Phi) is 5.22. The van der Waals surface area contributed by atoms with Gasteiger partial charge in [-0.05, 0) is 69.4 Å². The second-order valence-corrected chi connectivity index (χ2v) is 8.27. The molecule has 7 nitrogen and oxygen atoms in total. The fourth-order valence-electron chi connectivity index (χ4n) is 4.13. The summed E-state index contributed by atoms with van der Waals surface area (Å²) in [5.41, 5.74) is 2.79. The third-order valence-electron chi connectivity index (χ3n) is 6.04. The fourth-order valence-corrected chi connectivity index (χ4v) is 4.13. The molecule has 1 amide bonds. The van der Waals surface area contributed by atoms with E-state index in [0.717, 1.165) is 25.9 Å².